The van der Waals surface area contributed by atoms with Crippen LogP contribution in [-0.4, -0.2) is 20.1 Å². The summed E-state index contributed by atoms with van der Waals surface area (Å²) in [5.74, 6) is 0.0356. The van der Waals surface area contributed by atoms with Crippen molar-refractivity contribution in [2.45, 2.75) is 0 Å². The molecule has 0 radical (unpaired) electrons. The van der Waals surface area contributed by atoms with Crippen molar-refractivity contribution in [1.29, 1.82) is 5.26 Å². The molecule has 0 amide bonds. The first-order valence-electron chi connectivity index (χ1n) is 5.93. The SMILES string of the molecule is N#Cc1c(Cl)nc2nc(Cl)nc(Cl)c2c1-c1cccc(O)c1. The van der Waals surface area contributed by atoms with Crippen molar-refractivity contribution >= 4 is 45.8 Å². The molecule has 0 saturated heterocycles. The fourth-order valence-electron chi connectivity index (χ4n) is 2.12. The minimum absolute atomic E-state index is 0.0285. The topological polar surface area (TPSA) is 82.7 Å². The van der Waals surface area contributed by atoms with E-state index in [0.717, 1.165) is 0 Å². The number of halogens is 3. The van der Waals surface area contributed by atoms with Gasteiger partial charge < -0.3 is 5.11 Å². The maximum atomic E-state index is 9.68. The summed E-state index contributed by atoms with van der Waals surface area (Å²) in [6.07, 6.45) is 0. The van der Waals surface area contributed by atoms with E-state index >= 15 is 0 Å². The minimum atomic E-state index is -0.0763. The molecule has 8 heteroatoms. The number of rotatable bonds is 1. The van der Waals surface area contributed by atoms with Crippen molar-refractivity contribution in [3.8, 4) is 22.9 Å². The largest absolute Gasteiger partial charge is 0.508 e. The molecular formula is C14H5Cl3N4O. The Morgan fingerprint density at radius 2 is 1.82 bits per heavy atom. The van der Waals surface area contributed by atoms with Gasteiger partial charge in [-0.15, -0.1) is 0 Å². The van der Waals surface area contributed by atoms with Crippen LogP contribution in [0.3, 0.4) is 0 Å². The van der Waals surface area contributed by atoms with Gasteiger partial charge in [0, 0.05) is 5.56 Å². The highest BCUT2D eigenvalue weighted by Gasteiger charge is 2.20. The van der Waals surface area contributed by atoms with Crippen molar-refractivity contribution < 1.29 is 5.11 Å². The van der Waals surface area contributed by atoms with Crippen LogP contribution >= 0.6 is 34.8 Å². The molecule has 2 aromatic heterocycles. The molecule has 0 fully saturated rings. The third kappa shape index (κ3) is 2.42. The molecule has 22 heavy (non-hydrogen) atoms. The minimum Gasteiger partial charge on any atom is -0.508 e. The van der Waals surface area contributed by atoms with E-state index in [-0.39, 0.29) is 32.5 Å². The second-order valence-corrected chi connectivity index (χ2v) is 5.35. The molecule has 3 rings (SSSR count). The first-order valence-corrected chi connectivity index (χ1v) is 7.06. The summed E-state index contributed by atoms with van der Waals surface area (Å²) in [5, 5.41) is 19.4. The Kier molecular flexibility index (Phi) is 3.75. The summed E-state index contributed by atoms with van der Waals surface area (Å²) in [7, 11) is 0. The number of nitrogens with zero attached hydrogens (tertiary/aromatic N) is 4. The quantitative estimate of drug-likeness (QED) is 0.403. The highest BCUT2D eigenvalue weighted by molar-refractivity contribution is 6.37. The van der Waals surface area contributed by atoms with Crippen molar-refractivity contribution in [2.75, 3.05) is 0 Å². The standard InChI is InChI=1S/C14H5Cl3N4O/c15-11-8(5-18)9(6-2-1-3-7(22)4-6)10-12(16)20-14(17)21-13(10)19-11/h1-4,22H. The van der Waals surface area contributed by atoms with E-state index in [4.69, 9.17) is 34.8 Å². The summed E-state index contributed by atoms with van der Waals surface area (Å²) in [4.78, 5) is 11.9. The van der Waals surface area contributed by atoms with Gasteiger partial charge in [-0.1, -0.05) is 35.3 Å². The van der Waals surface area contributed by atoms with Crippen LogP contribution in [0.5, 0.6) is 5.75 Å². The first kappa shape index (κ1) is 14.8. The molecule has 0 bridgehead atoms. The predicted molar refractivity (Wildman–Crippen MR) is 84.2 cm³/mol. The molecule has 5 nitrogen and oxygen atoms in total. The van der Waals surface area contributed by atoms with Gasteiger partial charge in [-0.25, -0.2) is 9.97 Å². The van der Waals surface area contributed by atoms with Gasteiger partial charge in [-0.2, -0.15) is 10.2 Å². The van der Waals surface area contributed by atoms with Crippen molar-refractivity contribution in [2.24, 2.45) is 0 Å². The highest BCUT2D eigenvalue weighted by Crippen LogP contribution is 2.38. The molecule has 3 aromatic rings. The molecule has 0 atom stereocenters. The lowest BCUT2D eigenvalue weighted by Crippen LogP contribution is -1.97. The monoisotopic (exact) mass is 350 g/mol. The Bertz CT molecular complexity index is 953. The number of aromatic hydroxyl groups is 1. The fourth-order valence-corrected chi connectivity index (χ4v) is 2.81. The molecular weight excluding hydrogens is 347 g/mol. The number of hydrogen-bond donors (Lipinski definition) is 1. The zero-order chi connectivity index (χ0) is 15.9. The van der Waals surface area contributed by atoms with E-state index in [2.05, 4.69) is 15.0 Å². The molecule has 0 unspecified atom stereocenters. The van der Waals surface area contributed by atoms with Crippen molar-refractivity contribution in [3.05, 3.63) is 45.4 Å². The molecule has 0 aliphatic heterocycles. The maximum Gasteiger partial charge on any atom is 0.225 e. The van der Waals surface area contributed by atoms with Crippen LogP contribution in [-0.2, 0) is 0 Å². The number of hydrogen-bond acceptors (Lipinski definition) is 5. The molecule has 0 aliphatic carbocycles. The number of fused-ring (bicyclic) bond motifs is 1. The Balaban J connectivity index is 2.53. The number of pyridine rings is 1. The summed E-state index contributed by atoms with van der Waals surface area (Å²) >= 11 is 18.0. The zero-order valence-electron chi connectivity index (χ0n) is 10.7. The highest BCUT2D eigenvalue weighted by atomic mass is 35.5. The van der Waals surface area contributed by atoms with Crippen LogP contribution in [0.15, 0.2) is 24.3 Å². The van der Waals surface area contributed by atoms with E-state index in [1.165, 1.54) is 12.1 Å². The summed E-state index contributed by atoms with van der Waals surface area (Å²) in [6, 6.07) is 8.33. The number of phenols is 1. The van der Waals surface area contributed by atoms with Gasteiger partial charge in [0.05, 0.1) is 10.9 Å². The third-order valence-corrected chi connectivity index (χ3v) is 3.69. The Morgan fingerprint density at radius 3 is 2.50 bits per heavy atom. The molecule has 2 heterocycles. The zero-order valence-corrected chi connectivity index (χ0v) is 12.9. The molecule has 108 valence electrons. The van der Waals surface area contributed by atoms with Crippen molar-refractivity contribution in [1.82, 2.24) is 15.0 Å². The number of phenolic OH excluding ortho intramolecular Hbond substituents is 1. The fraction of sp³-hybridized carbons (Fsp3) is 0. The lowest BCUT2D eigenvalue weighted by molar-refractivity contribution is 0.475. The molecule has 0 spiro atoms. The van der Waals surface area contributed by atoms with E-state index in [1.54, 1.807) is 12.1 Å². The van der Waals surface area contributed by atoms with E-state index < -0.39 is 0 Å². The normalized spacial score (nSPS) is 10.6. The van der Waals surface area contributed by atoms with Crippen LogP contribution in [0.4, 0.5) is 0 Å². The predicted octanol–water partition coefficient (Wildman–Crippen LogP) is 4.23. The molecule has 0 saturated carbocycles. The van der Waals surface area contributed by atoms with E-state index in [9.17, 15) is 10.4 Å². The summed E-state index contributed by atoms with van der Waals surface area (Å²) in [6.45, 7) is 0. The van der Waals surface area contributed by atoms with Gasteiger partial charge in [0.1, 0.15) is 22.1 Å². The number of nitriles is 1. The smallest absolute Gasteiger partial charge is 0.225 e. The second kappa shape index (κ2) is 5.58. The van der Waals surface area contributed by atoms with Crippen LogP contribution in [0.25, 0.3) is 22.2 Å². The Morgan fingerprint density at radius 1 is 1.05 bits per heavy atom. The van der Waals surface area contributed by atoms with Gasteiger partial charge in [0.25, 0.3) is 0 Å². The number of benzene rings is 1. The van der Waals surface area contributed by atoms with Crippen LogP contribution in [0.1, 0.15) is 5.56 Å². The molecule has 0 aliphatic rings. The van der Waals surface area contributed by atoms with E-state index in [1.807, 2.05) is 6.07 Å². The third-order valence-electron chi connectivity index (χ3n) is 2.98. The van der Waals surface area contributed by atoms with Gasteiger partial charge in [-0.05, 0) is 29.3 Å². The average molecular weight is 352 g/mol. The van der Waals surface area contributed by atoms with Crippen LogP contribution in [0, 0.1) is 11.3 Å². The van der Waals surface area contributed by atoms with Gasteiger partial charge in [0.2, 0.25) is 5.28 Å². The van der Waals surface area contributed by atoms with Gasteiger partial charge in [0.15, 0.2) is 5.65 Å². The second-order valence-electron chi connectivity index (χ2n) is 4.30. The summed E-state index contributed by atoms with van der Waals surface area (Å²) in [5.41, 5.74) is 1.23. The number of aromatic nitrogens is 3. The molecule has 1 aromatic carbocycles. The lowest BCUT2D eigenvalue weighted by atomic mass is 9.99. The molecule has 1 N–H and O–H groups in total. The van der Waals surface area contributed by atoms with Crippen LogP contribution in [0.2, 0.25) is 15.6 Å². The Hall–Kier alpha value is -2.13. The first-order chi connectivity index (χ1) is 10.5. The summed E-state index contributed by atoms with van der Waals surface area (Å²) < 4.78 is 0. The lowest BCUT2D eigenvalue weighted by Gasteiger charge is -2.11. The van der Waals surface area contributed by atoms with Crippen molar-refractivity contribution in [3.63, 3.8) is 0 Å². The van der Waals surface area contributed by atoms with E-state index in [0.29, 0.717) is 16.5 Å². The maximum absolute atomic E-state index is 9.68. The average Bonchev–Trinajstić information content (AvgIpc) is 2.45. The van der Waals surface area contributed by atoms with Crippen LogP contribution < -0.4 is 0 Å². The van der Waals surface area contributed by atoms with Gasteiger partial charge in [-0.3, -0.25) is 0 Å². The Labute approximate surface area is 139 Å². The van der Waals surface area contributed by atoms with Gasteiger partial charge >= 0.3 is 0 Å².